The highest BCUT2D eigenvalue weighted by Gasteiger charge is 2.19. The van der Waals surface area contributed by atoms with Crippen molar-refractivity contribution in [1.82, 2.24) is 5.32 Å². The summed E-state index contributed by atoms with van der Waals surface area (Å²) >= 11 is 0. The summed E-state index contributed by atoms with van der Waals surface area (Å²) in [6, 6.07) is 3.11. The lowest BCUT2D eigenvalue weighted by Crippen LogP contribution is -2.43. The molecule has 5 heteroatoms. The standard InChI is InChI=1S/C13H19F2NO2/c1-13(9-17,16-2)6-3-7-18-12-8-10(14)4-5-11(12)15/h4-5,8,16-17H,3,6-7,9H2,1-2H3. The zero-order valence-corrected chi connectivity index (χ0v) is 10.7. The molecule has 0 aromatic heterocycles. The van der Waals surface area contributed by atoms with Crippen LogP contribution >= 0.6 is 0 Å². The molecule has 0 heterocycles. The monoisotopic (exact) mass is 259 g/mol. The van der Waals surface area contributed by atoms with Crippen molar-refractivity contribution in [2.75, 3.05) is 20.3 Å². The van der Waals surface area contributed by atoms with Crippen molar-refractivity contribution in [2.24, 2.45) is 0 Å². The Hall–Kier alpha value is -1.20. The molecule has 0 aliphatic carbocycles. The van der Waals surface area contributed by atoms with E-state index in [0.717, 1.165) is 18.2 Å². The van der Waals surface area contributed by atoms with Gasteiger partial charge in [-0.25, -0.2) is 8.78 Å². The Bertz CT molecular complexity index is 381. The number of rotatable bonds is 7. The van der Waals surface area contributed by atoms with E-state index in [9.17, 15) is 8.78 Å². The van der Waals surface area contributed by atoms with Crippen LogP contribution in [0.4, 0.5) is 8.78 Å². The van der Waals surface area contributed by atoms with Gasteiger partial charge in [-0.15, -0.1) is 0 Å². The second-order valence-corrected chi connectivity index (χ2v) is 4.50. The van der Waals surface area contributed by atoms with Gasteiger partial charge in [-0.2, -0.15) is 0 Å². The number of hydrogen-bond acceptors (Lipinski definition) is 3. The Morgan fingerprint density at radius 3 is 2.72 bits per heavy atom. The maximum absolute atomic E-state index is 13.2. The van der Waals surface area contributed by atoms with Gasteiger partial charge in [0.05, 0.1) is 13.2 Å². The fourth-order valence-corrected chi connectivity index (χ4v) is 1.52. The molecule has 1 rings (SSSR count). The third kappa shape index (κ3) is 4.23. The summed E-state index contributed by atoms with van der Waals surface area (Å²) in [5, 5.41) is 12.2. The predicted octanol–water partition coefficient (Wildman–Crippen LogP) is 2.09. The van der Waals surface area contributed by atoms with Gasteiger partial charge in [0.25, 0.3) is 0 Å². The van der Waals surface area contributed by atoms with Gasteiger partial charge >= 0.3 is 0 Å². The van der Waals surface area contributed by atoms with E-state index in [2.05, 4.69) is 5.32 Å². The predicted molar refractivity (Wildman–Crippen MR) is 65.6 cm³/mol. The summed E-state index contributed by atoms with van der Waals surface area (Å²) in [5.74, 6) is -1.18. The van der Waals surface area contributed by atoms with Gasteiger partial charge in [-0.3, -0.25) is 0 Å². The van der Waals surface area contributed by atoms with E-state index in [0.29, 0.717) is 12.8 Å². The molecule has 1 atom stereocenters. The quantitative estimate of drug-likeness (QED) is 0.737. The van der Waals surface area contributed by atoms with E-state index >= 15 is 0 Å². The van der Waals surface area contributed by atoms with Crippen LogP contribution in [0.3, 0.4) is 0 Å². The molecule has 2 N–H and O–H groups in total. The summed E-state index contributed by atoms with van der Waals surface area (Å²) in [4.78, 5) is 0. The van der Waals surface area contributed by atoms with Gasteiger partial charge in [0.2, 0.25) is 0 Å². The minimum absolute atomic E-state index is 0.0117. The third-order valence-corrected chi connectivity index (χ3v) is 2.98. The van der Waals surface area contributed by atoms with Crippen molar-refractivity contribution >= 4 is 0 Å². The molecule has 18 heavy (non-hydrogen) atoms. The Morgan fingerprint density at radius 1 is 1.39 bits per heavy atom. The van der Waals surface area contributed by atoms with Crippen molar-refractivity contribution in [1.29, 1.82) is 0 Å². The summed E-state index contributed by atoms with van der Waals surface area (Å²) in [7, 11) is 1.77. The zero-order valence-electron chi connectivity index (χ0n) is 10.7. The fraction of sp³-hybridized carbons (Fsp3) is 0.538. The number of halogens is 2. The minimum atomic E-state index is -0.574. The number of nitrogens with one attached hydrogen (secondary N) is 1. The second-order valence-electron chi connectivity index (χ2n) is 4.50. The van der Waals surface area contributed by atoms with Crippen LogP contribution in [-0.2, 0) is 0 Å². The summed E-state index contributed by atoms with van der Waals surface area (Å²) < 4.78 is 31.3. The molecule has 1 aromatic carbocycles. The molecule has 1 aromatic rings. The van der Waals surface area contributed by atoms with Gasteiger partial charge in [0.1, 0.15) is 5.82 Å². The van der Waals surface area contributed by atoms with Crippen molar-refractivity contribution in [3.63, 3.8) is 0 Å². The first kappa shape index (κ1) is 14.9. The summed E-state index contributed by atoms with van der Waals surface area (Å²) in [5.41, 5.74) is -0.371. The Labute approximate surface area is 106 Å². The van der Waals surface area contributed by atoms with Crippen molar-refractivity contribution in [3.8, 4) is 5.75 Å². The maximum Gasteiger partial charge on any atom is 0.165 e. The molecule has 0 amide bonds. The molecule has 0 spiro atoms. The van der Waals surface area contributed by atoms with Gasteiger partial charge in [0, 0.05) is 11.6 Å². The molecule has 1 unspecified atom stereocenters. The Morgan fingerprint density at radius 2 is 2.11 bits per heavy atom. The van der Waals surface area contributed by atoms with Crippen molar-refractivity contribution in [3.05, 3.63) is 29.8 Å². The Balaban J connectivity index is 2.40. The molecule has 3 nitrogen and oxygen atoms in total. The molecule has 0 fully saturated rings. The van der Waals surface area contributed by atoms with Crippen LogP contribution in [0.5, 0.6) is 5.75 Å². The SMILES string of the molecule is CNC(C)(CO)CCCOc1cc(F)ccc1F. The maximum atomic E-state index is 13.2. The second kappa shape index (κ2) is 6.66. The number of likely N-dealkylation sites (N-methyl/N-ethyl adjacent to an activating group) is 1. The van der Waals surface area contributed by atoms with Crippen LogP contribution < -0.4 is 10.1 Å². The lowest BCUT2D eigenvalue weighted by atomic mass is 9.97. The molecule has 0 aliphatic heterocycles. The van der Waals surface area contributed by atoms with Crippen molar-refractivity contribution < 1.29 is 18.6 Å². The molecular formula is C13H19F2NO2. The van der Waals surface area contributed by atoms with Crippen LogP contribution in [0.1, 0.15) is 19.8 Å². The number of aliphatic hydroxyl groups excluding tert-OH is 1. The van der Waals surface area contributed by atoms with Crippen LogP contribution in [0.2, 0.25) is 0 Å². The van der Waals surface area contributed by atoms with E-state index < -0.39 is 11.6 Å². The highest BCUT2D eigenvalue weighted by atomic mass is 19.1. The highest BCUT2D eigenvalue weighted by Crippen LogP contribution is 2.19. The number of ether oxygens (including phenoxy) is 1. The van der Waals surface area contributed by atoms with Crippen LogP contribution in [0.25, 0.3) is 0 Å². The summed E-state index contributed by atoms with van der Waals surface area (Å²) in [6.07, 6.45) is 1.31. The zero-order chi connectivity index (χ0) is 13.6. The third-order valence-electron chi connectivity index (χ3n) is 2.98. The van der Waals surface area contributed by atoms with E-state index in [4.69, 9.17) is 9.84 Å². The topological polar surface area (TPSA) is 41.5 Å². The minimum Gasteiger partial charge on any atom is -0.490 e. The van der Waals surface area contributed by atoms with E-state index in [1.807, 2.05) is 6.92 Å². The first-order valence-electron chi connectivity index (χ1n) is 5.88. The van der Waals surface area contributed by atoms with Crippen molar-refractivity contribution in [2.45, 2.75) is 25.3 Å². The van der Waals surface area contributed by atoms with Gasteiger partial charge in [0.15, 0.2) is 11.6 Å². The van der Waals surface area contributed by atoms with Crippen LogP contribution in [0.15, 0.2) is 18.2 Å². The molecule has 0 saturated carbocycles. The van der Waals surface area contributed by atoms with E-state index in [1.165, 1.54) is 0 Å². The molecule has 0 bridgehead atoms. The molecule has 102 valence electrons. The number of hydrogen-bond donors (Lipinski definition) is 2. The molecule has 0 aliphatic rings. The largest absolute Gasteiger partial charge is 0.490 e. The average molecular weight is 259 g/mol. The summed E-state index contributed by atoms with van der Waals surface area (Å²) in [6.45, 7) is 2.17. The Kier molecular flexibility index (Phi) is 5.50. The lowest BCUT2D eigenvalue weighted by molar-refractivity contribution is 0.163. The van der Waals surface area contributed by atoms with Crippen LogP contribution in [0, 0.1) is 11.6 Å². The first-order valence-corrected chi connectivity index (χ1v) is 5.88. The van der Waals surface area contributed by atoms with Gasteiger partial charge in [-0.1, -0.05) is 0 Å². The molecular weight excluding hydrogens is 240 g/mol. The number of benzene rings is 1. The van der Waals surface area contributed by atoms with Gasteiger partial charge < -0.3 is 15.2 Å². The lowest BCUT2D eigenvalue weighted by Gasteiger charge is -2.26. The average Bonchev–Trinajstić information content (AvgIpc) is 2.38. The first-order chi connectivity index (χ1) is 8.50. The van der Waals surface area contributed by atoms with E-state index in [-0.39, 0.29) is 24.5 Å². The fourth-order valence-electron chi connectivity index (χ4n) is 1.52. The smallest absolute Gasteiger partial charge is 0.165 e. The van der Waals surface area contributed by atoms with Crippen LogP contribution in [-0.4, -0.2) is 30.9 Å². The number of aliphatic hydroxyl groups is 1. The van der Waals surface area contributed by atoms with Gasteiger partial charge in [-0.05, 0) is 38.9 Å². The van der Waals surface area contributed by atoms with E-state index in [1.54, 1.807) is 7.05 Å². The molecule has 0 saturated heterocycles. The molecule has 0 radical (unpaired) electrons. The normalized spacial score (nSPS) is 14.3. The highest BCUT2D eigenvalue weighted by molar-refractivity contribution is 5.24.